The van der Waals surface area contributed by atoms with E-state index in [2.05, 4.69) is 4.98 Å². The molecule has 1 N–H and O–H groups in total. The number of nitrogens with zero attached hydrogens (tertiary/aromatic N) is 1. The summed E-state index contributed by atoms with van der Waals surface area (Å²) in [7, 11) is 0. The number of aromatic nitrogens is 1. The van der Waals surface area contributed by atoms with Crippen molar-refractivity contribution in [1.29, 1.82) is 5.26 Å². The molecule has 1 heterocycles. The standard InChI is InChI=1S/C18H13FN2OS/c1-11-5-2-3-6-12(11)10-23-18-13-7-4-8-15(19)16(13)14(9-20)17(22)21-18/h2-8H,10H2,1H3,(H,21,22). The number of hydrogen-bond acceptors (Lipinski definition) is 3. The Bertz CT molecular complexity index is 988. The number of pyridine rings is 1. The van der Waals surface area contributed by atoms with E-state index in [1.54, 1.807) is 18.2 Å². The lowest BCUT2D eigenvalue weighted by atomic mass is 10.1. The number of thioether (sulfide) groups is 1. The van der Waals surface area contributed by atoms with E-state index in [1.165, 1.54) is 17.8 Å². The van der Waals surface area contributed by atoms with Gasteiger partial charge in [0, 0.05) is 16.5 Å². The van der Waals surface area contributed by atoms with E-state index in [0.29, 0.717) is 16.2 Å². The van der Waals surface area contributed by atoms with Crippen molar-refractivity contribution in [2.45, 2.75) is 17.7 Å². The van der Waals surface area contributed by atoms with Crippen LogP contribution in [-0.4, -0.2) is 4.98 Å². The van der Waals surface area contributed by atoms with Crippen molar-refractivity contribution in [3.63, 3.8) is 0 Å². The Morgan fingerprint density at radius 2 is 2.00 bits per heavy atom. The second-order valence-electron chi connectivity index (χ2n) is 5.15. The fraction of sp³-hybridized carbons (Fsp3) is 0.111. The lowest BCUT2D eigenvalue weighted by Gasteiger charge is -2.09. The van der Waals surface area contributed by atoms with Crippen molar-refractivity contribution in [3.8, 4) is 6.07 Å². The average molecular weight is 324 g/mol. The molecule has 0 aliphatic carbocycles. The highest BCUT2D eigenvalue weighted by Gasteiger charge is 2.15. The minimum Gasteiger partial charge on any atom is -0.315 e. The summed E-state index contributed by atoms with van der Waals surface area (Å²) in [4.78, 5) is 14.8. The predicted molar refractivity (Wildman–Crippen MR) is 90.0 cm³/mol. The van der Waals surface area contributed by atoms with Gasteiger partial charge >= 0.3 is 0 Å². The zero-order chi connectivity index (χ0) is 16.4. The smallest absolute Gasteiger partial charge is 0.267 e. The van der Waals surface area contributed by atoms with Gasteiger partial charge in [0.15, 0.2) is 0 Å². The normalized spacial score (nSPS) is 10.7. The Kier molecular flexibility index (Phi) is 4.18. The Hall–Kier alpha value is -2.58. The van der Waals surface area contributed by atoms with Crippen LogP contribution in [0.3, 0.4) is 0 Å². The molecule has 0 amide bonds. The highest BCUT2D eigenvalue weighted by molar-refractivity contribution is 7.98. The van der Waals surface area contributed by atoms with Gasteiger partial charge in [-0.2, -0.15) is 5.26 Å². The van der Waals surface area contributed by atoms with Gasteiger partial charge in [-0.25, -0.2) is 4.39 Å². The Labute approximate surface area is 136 Å². The van der Waals surface area contributed by atoms with Gasteiger partial charge in [-0.05, 0) is 24.1 Å². The van der Waals surface area contributed by atoms with Crippen LogP contribution in [0.4, 0.5) is 4.39 Å². The summed E-state index contributed by atoms with van der Waals surface area (Å²) in [6.07, 6.45) is 0. The maximum atomic E-state index is 14.1. The van der Waals surface area contributed by atoms with E-state index in [9.17, 15) is 9.18 Å². The lowest BCUT2D eigenvalue weighted by molar-refractivity contribution is 0.639. The molecule has 0 fully saturated rings. The van der Waals surface area contributed by atoms with Crippen LogP contribution < -0.4 is 5.56 Å². The van der Waals surface area contributed by atoms with Crippen LogP contribution in [0.25, 0.3) is 10.8 Å². The number of hydrogen-bond donors (Lipinski definition) is 1. The number of nitriles is 1. The van der Waals surface area contributed by atoms with E-state index in [0.717, 1.165) is 11.1 Å². The van der Waals surface area contributed by atoms with Crippen LogP contribution in [0.2, 0.25) is 0 Å². The van der Waals surface area contributed by atoms with E-state index in [1.807, 2.05) is 31.2 Å². The fourth-order valence-electron chi connectivity index (χ4n) is 2.46. The molecule has 114 valence electrons. The molecular weight excluding hydrogens is 311 g/mol. The highest BCUT2D eigenvalue weighted by Crippen LogP contribution is 2.30. The molecule has 3 aromatic rings. The number of halogens is 1. The van der Waals surface area contributed by atoms with Crippen LogP contribution >= 0.6 is 11.8 Å². The molecule has 3 nitrogen and oxygen atoms in total. The number of aromatic amines is 1. The molecule has 2 aromatic carbocycles. The second-order valence-corrected chi connectivity index (χ2v) is 6.13. The maximum absolute atomic E-state index is 14.1. The number of rotatable bonds is 3. The van der Waals surface area contributed by atoms with E-state index < -0.39 is 11.4 Å². The van der Waals surface area contributed by atoms with Gasteiger partial charge in [-0.3, -0.25) is 4.79 Å². The van der Waals surface area contributed by atoms with Gasteiger partial charge in [0.1, 0.15) is 17.4 Å². The molecule has 3 rings (SSSR count). The van der Waals surface area contributed by atoms with Gasteiger partial charge < -0.3 is 4.98 Å². The van der Waals surface area contributed by atoms with Crippen molar-refractivity contribution in [2.75, 3.05) is 0 Å². The van der Waals surface area contributed by atoms with Crippen LogP contribution in [0, 0.1) is 24.1 Å². The van der Waals surface area contributed by atoms with Crippen LogP contribution in [0.1, 0.15) is 16.7 Å². The molecule has 0 atom stereocenters. The minimum absolute atomic E-state index is 0.0889. The molecule has 0 saturated heterocycles. The number of nitrogens with one attached hydrogen (secondary N) is 1. The van der Waals surface area contributed by atoms with Gasteiger partial charge in [-0.1, -0.05) is 36.4 Å². The summed E-state index contributed by atoms with van der Waals surface area (Å²) in [5.74, 6) is 0.100. The summed E-state index contributed by atoms with van der Waals surface area (Å²) in [6.45, 7) is 2.02. The first-order chi connectivity index (χ1) is 11.1. The average Bonchev–Trinajstić information content (AvgIpc) is 2.54. The number of benzene rings is 2. The molecule has 0 unspecified atom stereocenters. The molecule has 0 spiro atoms. The van der Waals surface area contributed by atoms with Crippen molar-refractivity contribution in [1.82, 2.24) is 4.98 Å². The SMILES string of the molecule is Cc1ccccc1CSc1[nH]c(=O)c(C#N)c2c(F)cccc12. The molecular formula is C18H13FN2OS. The third-order valence-corrected chi connectivity index (χ3v) is 4.77. The van der Waals surface area contributed by atoms with E-state index in [4.69, 9.17) is 5.26 Å². The first-order valence-electron chi connectivity index (χ1n) is 7.03. The van der Waals surface area contributed by atoms with Gasteiger partial charge in [0.2, 0.25) is 0 Å². The Balaban J connectivity index is 2.09. The first-order valence-corrected chi connectivity index (χ1v) is 8.02. The summed E-state index contributed by atoms with van der Waals surface area (Å²) in [5.41, 5.74) is 1.56. The lowest BCUT2D eigenvalue weighted by Crippen LogP contribution is -2.12. The zero-order valence-corrected chi connectivity index (χ0v) is 13.2. The second kappa shape index (κ2) is 6.27. The largest absolute Gasteiger partial charge is 0.315 e. The monoisotopic (exact) mass is 324 g/mol. The van der Waals surface area contributed by atoms with E-state index in [-0.39, 0.29) is 10.9 Å². The zero-order valence-electron chi connectivity index (χ0n) is 12.4. The summed E-state index contributed by atoms with van der Waals surface area (Å²) in [6, 6.07) is 14.3. The van der Waals surface area contributed by atoms with Gasteiger partial charge in [0.05, 0.1) is 5.03 Å². The highest BCUT2D eigenvalue weighted by atomic mass is 32.2. The van der Waals surface area contributed by atoms with Crippen molar-refractivity contribution < 1.29 is 4.39 Å². The quantitative estimate of drug-likeness (QED) is 0.737. The fourth-order valence-corrected chi connectivity index (χ4v) is 3.57. The van der Waals surface area contributed by atoms with E-state index >= 15 is 0 Å². The number of fused-ring (bicyclic) bond motifs is 1. The topological polar surface area (TPSA) is 56.6 Å². The summed E-state index contributed by atoms with van der Waals surface area (Å²) < 4.78 is 14.1. The molecule has 0 aliphatic heterocycles. The van der Waals surface area contributed by atoms with Crippen LogP contribution in [-0.2, 0) is 5.75 Å². The van der Waals surface area contributed by atoms with Gasteiger partial charge in [-0.15, -0.1) is 11.8 Å². The third-order valence-electron chi connectivity index (χ3n) is 3.71. The Morgan fingerprint density at radius 3 is 2.74 bits per heavy atom. The summed E-state index contributed by atoms with van der Waals surface area (Å²) in [5, 5.41) is 10.4. The number of aryl methyl sites for hydroxylation is 1. The van der Waals surface area contributed by atoms with Crippen molar-refractivity contribution in [3.05, 3.63) is 75.3 Å². The van der Waals surface area contributed by atoms with Crippen molar-refractivity contribution in [2.24, 2.45) is 0 Å². The van der Waals surface area contributed by atoms with Gasteiger partial charge in [0.25, 0.3) is 5.56 Å². The first kappa shape index (κ1) is 15.3. The molecule has 0 radical (unpaired) electrons. The van der Waals surface area contributed by atoms with Crippen molar-refractivity contribution >= 4 is 22.5 Å². The number of H-pyrrole nitrogens is 1. The molecule has 0 saturated carbocycles. The summed E-state index contributed by atoms with van der Waals surface area (Å²) >= 11 is 1.43. The minimum atomic E-state index is -0.558. The molecule has 5 heteroatoms. The van der Waals surface area contributed by atoms with Crippen LogP contribution in [0.5, 0.6) is 0 Å². The molecule has 1 aromatic heterocycles. The molecule has 0 bridgehead atoms. The predicted octanol–water partition coefficient (Wildman–Crippen LogP) is 4.14. The van der Waals surface area contributed by atoms with Crippen LogP contribution in [0.15, 0.2) is 52.3 Å². The molecule has 23 heavy (non-hydrogen) atoms. The molecule has 0 aliphatic rings. The maximum Gasteiger partial charge on any atom is 0.267 e. The Morgan fingerprint density at radius 1 is 1.22 bits per heavy atom. The third kappa shape index (κ3) is 2.86.